The van der Waals surface area contributed by atoms with E-state index < -0.39 is 0 Å². The number of hydrogen-bond acceptors (Lipinski definition) is 2. The first-order chi connectivity index (χ1) is 8.97. The summed E-state index contributed by atoms with van der Waals surface area (Å²) in [6.45, 7) is 11.4. The summed E-state index contributed by atoms with van der Waals surface area (Å²) in [6.07, 6.45) is 5.24. The summed E-state index contributed by atoms with van der Waals surface area (Å²) in [7, 11) is 0. The number of hydrogen-bond donors (Lipinski definition) is 2. The Morgan fingerprint density at radius 1 is 1.16 bits per heavy atom. The smallest absolute Gasteiger partial charge is 0.223 e. The Labute approximate surface area is 119 Å². The molecule has 0 spiro atoms. The summed E-state index contributed by atoms with van der Waals surface area (Å²) in [4.78, 5) is 12.3. The molecule has 0 aromatic rings. The standard InChI is InChI=1S/C16H33NO2/c1-6-13(7-2)14(15(19)17-10-11-18)12-16(5,8-3)9-4/h13-14,18H,6-12H2,1-5H3,(H,17,19). The maximum Gasteiger partial charge on any atom is 0.223 e. The van der Waals surface area contributed by atoms with Gasteiger partial charge in [-0.2, -0.15) is 0 Å². The molecule has 1 amide bonds. The van der Waals surface area contributed by atoms with Gasteiger partial charge < -0.3 is 10.4 Å². The summed E-state index contributed by atoms with van der Waals surface area (Å²) in [5.74, 6) is 0.637. The average Bonchev–Trinajstić information content (AvgIpc) is 2.44. The van der Waals surface area contributed by atoms with Crippen molar-refractivity contribution in [2.24, 2.45) is 17.3 Å². The van der Waals surface area contributed by atoms with Crippen LogP contribution >= 0.6 is 0 Å². The highest BCUT2D eigenvalue weighted by Gasteiger charge is 2.32. The van der Waals surface area contributed by atoms with Crippen LogP contribution in [0, 0.1) is 17.3 Å². The second kappa shape index (κ2) is 9.35. The van der Waals surface area contributed by atoms with Crippen molar-refractivity contribution in [3.63, 3.8) is 0 Å². The van der Waals surface area contributed by atoms with Gasteiger partial charge in [0.15, 0.2) is 0 Å². The molecule has 0 fully saturated rings. The molecule has 0 aromatic heterocycles. The third kappa shape index (κ3) is 5.94. The van der Waals surface area contributed by atoms with Gasteiger partial charge in [-0.15, -0.1) is 0 Å². The predicted octanol–water partition coefficient (Wildman–Crippen LogP) is 3.36. The van der Waals surface area contributed by atoms with Crippen LogP contribution in [0.4, 0.5) is 0 Å². The molecule has 1 unspecified atom stereocenters. The third-order valence-electron chi connectivity index (χ3n) is 4.79. The molecular weight excluding hydrogens is 238 g/mol. The van der Waals surface area contributed by atoms with Gasteiger partial charge in [0, 0.05) is 12.5 Å². The Morgan fingerprint density at radius 2 is 1.68 bits per heavy atom. The molecule has 0 saturated carbocycles. The molecular formula is C16H33NO2. The second-order valence-corrected chi connectivity index (χ2v) is 5.92. The van der Waals surface area contributed by atoms with E-state index in [1.807, 2.05) is 0 Å². The van der Waals surface area contributed by atoms with Gasteiger partial charge in [-0.25, -0.2) is 0 Å². The van der Waals surface area contributed by atoms with Gasteiger partial charge >= 0.3 is 0 Å². The Bertz CT molecular complexity index is 245. The normalized spacial score (nSPS) is 13.6. The van der Waals surface area contributed by atoms with Crippen LogP contribution in [0.15, 0.2) is 0 Å². The number of amides is 1. The van der Waals surface area contributed by atoms with Crippen LogP contribution < -0.4 is 5.32 Å². The Morgan fingerprint density at radius 3 is 2.05 bits per heavy atom. The summed E-state index contributed by atoms with van der Waals surface area (Å²) < 4.78 is 0. The minimum atomic E-state index is 0.0141. The minimum Gasteiger partial charge on any atom is -0.395 e. The van der Waals surface area contributed by atoms with E-state index in [2.05, 4.69) is 39.9 Å². The first-order valence-corrected chi connectivity index (χ1v) is 7.86. The molecule has 19 heavy (non-hydrogen) atoms. The van der Waals surface area contributed by atoms with Crippen molar-refractivity contribution in [2.75, 3.05) is 13.2 Å². The van der Waals surface area contributed by atoms with Crippen LogP contribution in [0.5, 0.6) is 0 Å². The summed E-state index contributed by atoms with van der Waals surface area (Å²) in [6, 6.07) is 0. The molecule has 0 heterocycles. The van der Waals surface area contributed by atoms with Crippen LogP contribution in [0.25, 0.3) is 0 Å². The van der Waals surface area contributed by atoms with Crippen molar-refractivity contribution >= 4 is 5.91 Å². The molecule has 2 N–H and O–H groups in total. The highest BCUT2D eigenvalue weighted by molar-refractivity contribution is 5.79. The SMILES string of the molecule is CCC(CC)C(CC(C)(CC)CC)C(=O)NCCO. The average molecular weight is 271 g/mol. The van der Waals surface area contributed by atoms with Crippen molar-refractivity contribution in [3.05, 3.63) is 0 Å². The van der Waals surface area contributed by atoms with Gasteiger partial charge in [0.05, 0.1) is 6.61 Å². The Hall–Kier alpha value is -0.570. The highest BCUT2D eigenvalue weighted by atomic mass is 16.3. The van der Waals surface area contributed by atoms with E-state index in [1.165, 1.54) is 0 Å². The molecule has 114 valence electrons. The number of rotatable bonds is 10. The third-order valence-corrected chi connectivity index (χ3v) is 4.79. The van der Waals surface area contributed by atoms with Gasteiger partial charge in [0.1, 0.15) is 0 Å². The van der Waals surface area contributed by atoms with E-state index >= 15 is 0 Å². The maximum absolute atomic E-state index is 12.3. The van der Waals surface area contributed by atoms with E-state index in [1.54, 1.807) is 0 Å². The lowest BCUT2D eigenvalue weighted by Crippen LogP contribution is -2.39. The Kier molecular flexibility index (Phi) is 9.07. The largest absolute Gasteiger partial charge is 0.395 e. The lowest BCUT2D eigenvalue weighted by atomic mass is 9.71. The molecule has 0 bridgehead atoms. The van der Waals surface area contributed by atoms with E-state index in [0.717, 1.165) is 32.1 Å². The van der Waals surface area contributed by atoms with E-state index in [9.17, 15) is 4.79 Å². The van der Waals surface area contributed by atoms with E-state index in [0.29, 0.717) is 12.5 Å². The minimum absolute atomic E-state index is 0.0141. The van der Waals surface area contributed by atoms with Gasteiger partial charge in [-0.1, -0.05) is 60.3 Å². The number of aliphatic hydroxyl groups is 1. The van der Waals surface area contributed by atoms with Crippen LogP contribution in [0.2, 0.25) is 0 Å². The summed E-state index contributed by atoms with van der Waals surface area (Å²) >= 11 is 0. The van der Waals surface area contributed by atoms with Crippen molar-refractivity contribution in [1.82, 2.24) is 5.32 Å². The van der Waals surface area contributed by atoms with Gasteiger partial charge in [0.25, 0.3) is 0 Å². The van der Waals surface area contributed by atoms with Gasteiger partial charge in [-0.05, 0) is 17.8 Å². The zero-order valence-corrected chi connectivity index (χ0v) is 13.5. The number of nitrogens with one attached hydrogen (secondary N) is 1. The van der Waals surface area contributed by atoms with Crippen molar-refractivity contribution in [2.45, 2.75) is 66.7 Å². The van der Waals surface area contributed by atoms with E-state index in [-0.39, 0.29) is 23.8 Å². The second-order valence-electron chi connectivity index (χ2n) is 5.92. The van der Waals surface area contributed by atoms with Crippen LogP contribution in [0.1, 0.15) is 66.7 Å². The zero-order chi connectivity index (χ0) is 14.9. The topological polar surface area (TPSA) is 49.3 Å². The lowest BCUT2D eigenvalue weighted by molar-refractivity contribution is -0.128. The maximum atomic E-state index is 12.3. The molecule has 0 aliphatic heterocycles. The molecule has 0 aliphatic carbocycles. The fraction of sp³-hybridized carbons (Fsp3) is 0.938. The number of aliphatic hydroxyl groups excluding tert-OH is 1. The summed E-state index contributed by atoms with van der Waals surface area (Å²) in [5.41, 5.74) is 0.240. The molecule has 0 radical (unpaired) electrons. The highest BCUT2D eigenvalue weighted by Crippen LogP contribution is 2.37. The lowest BCUT2D eigenvalue weighted by Gasteiger charge is -2.34. The van der Waals surface area contributed by atoms with Crippen LogP contribution in [0.3, 0.4) is 0 Å². The molecule has 0 rings (SSSR count). The van der Waals surface area contributed by atoms with Gasteiger partial charge in [0.2, 0.25) is 5.91 Å². The van der Waals surface area contributed by atoms with Crippen molar-refractivity contribution < 1.29 is 9.90 Å². The first kappa shape index (κ1) is 18.4. The molecule has 0 aromatic carbocycles. The molecule has 1 atom stereocenters. The fourth-order valence-electron chi connectivity index (χ4n) is 2.71. The molecule has 3 nitrogen and oxygen atoms in total. The molecule has 3 heteroatoms. The van der Waals surface area contributed by atoms with Crippen LogP contribution in [-0.4, -0.2) is 24.2 Å². The molecule has 0 saturated heterocycles. The van der Waals surface area contributed by atoms with Crippen molar-refractivity contribution in [3.8, 4) is 0 Å². The predicted molar refractivity (Wildman–Crippen MR) is 81.0 cm³/mol. The monoisotopic (exact) mass is 271 g/mol. The summed E-state index contributed by atoms with van der Waals surface area (Å²) in [5, 5.41) is 11.7. The van der Waals surface area contributed by atoms with Crippen molar-refractivity contribution in [1.29, 1.82) is 0 Å². The zero-order valence-electron chi connectivity index (χ0n) is 13.5. The van der Waals surface area contributed by atoms with Crippen LogP contribution in [-0.2, 0) is 4.79 Å². The first-order valence-electron chi connectivity index (χ1n) is 7.86. The number of carbonyl (C=O) groups is 1. The number of carbonyl (C=O) groups excluding carboxylic acids is 1. The fourth-order valence-corrected chi connectivity index (χ4v) is 2.71. The van der Waals surface area contributed by atoms with E-state index in [4.69, 9.17) is 5.11 Å². The van der Waals surface area contributed by atoms with Gasteiger partial charge in [-0.3, -0.25) is 4.79 Å². The Balaban J connectivity index is 4.89. The molecule has 0 aliphatic rings. The quantitative estimate of drug-likeness (QED) is 0.640.